The van der Waals surface area contributed by atoms with E-state index in [9.17, 15) is 5.11 Å². The number of furan rings is 1. The van der Waals surface area contributed by atoms with Crippen molar-refractivity contribution in [2.45, 2.75) is 52.4 Å². The van der Waals surface area contributed by atoms with Crippen LogP contribution in [0.3, 0.4) is 0 Å². The summed E-state index contributed by atoms with van der Waals surface area (Å²) in [6, 6.07) is 52.9. The van der Waals surface area contributed by atoms with E-state index in [1.165, 1.54) is 0 Å². The van der Waals surface area contributed by atoms with Crippen molar-refractivity contribution in [3.63, 3.8) is 0 Å². The molecule has 3 aromatic heterocycles. The standard InChI is InChI=1S/C54H45N3O2/c1-53(2,3)38-31-44(49(58)45(32-38)54(4,5)6)52-56-48-40(22-15-23-46(48)57(52)39-19-11-8-12-20-39)36-28-35(33-16-9-7-10-17-33)29-37(30-36)47-51-43(26-27-55-47)42-25-24-34-18-13-14-21-41(34)50(42)59-51/h7-32,58H,1-6H3. The SMILES string of the molecule is CC(C)(C)c1cc(-c2nc3c(-c4cc(-c5ccccc5)cc(-c5nccc6c5oc5c7ccccc7ccc65)c4)cccc3n2-c2ccccc2)c(O)c(C(C)(C)C)c1. The molecule has 1 N–H and O–H groups in total. The minimum atomic E-state index is -0.299. The summed E-state index contributed by atoms with van der Waals surface area (Å²) in [4.78, 5) is 10.5. The average molecular weight is 768 g/mol. The van der Waals surface area contributed by atoms with Crippen LogP contribution in [0.5, 0.6) is 5.75 Å². The van der Waals surface area contributed by atoms with Gasteiger partial charge in [0.1, 0.15) is 22.9 Å². The van der Waals surface area contributed by atoms with E-state index in [4.69, 9.17) is 14.4 Å². The van der Waals surface area contributed by atoms with Gasteiger partial charge in [-0.2, -0.15) is 0 Å². The first-order chi connectivity index (χ1) is 28.4. The van der Waals surface area contributed by atoms with Crippen LogP contribution in [-0.4, -0.2) is 19.6 Å². The molecule has 0 radical (unpaired) electrons. The van der Waals surface area contributed by atoms with E-state index in [0.717, 1.165) is 94.1 Å². The molecule has 10 aromatic rings. The fourth-order valence-corrected chi connectivity index (χ4v) is 8.51. The average Bonchev–Trinajstić information content (AvgIpc) is 3.83. The summed E-state index contributed by atoms with van der Waals surface area (Å²) in [5.74, 6) is 0.943. The Labute approximate surface area is 344 Å². The molecule has 0 aliphatic heterocycles. The summed E-state index contributed by atoms with van der Waals surface area (Å²) in [6.07, 6.45) is 1.88. The second-order valence-corrected chi connectivity index (χ2v) is 17.7. The topological polar surface area (TPSA) is 64.1 Å². The monoisotopic (exact) mass is 767 g/mol. The lowest BCUT2D eigenvalue weighted by molar-refractivity contribution is 0.446. The van der Waals surface area contributed by atoms with Crippen LogP contribution < -0.4 is 0 Å². The highest BCUT2D eigenvalue weighted by atomic mass is 16.3. The van der Waals surface area contributed by atoms with Crippen molar-refractivity contribution < 1.29 is 9.52 Å². The molecule has 0 saturated heterocycles. The maximum atomic E-state index is 12.2. The van der Waals surface area contributed by atoms with E-state index in [0.29, 0.717) is 11.4 Å². The van der Waals surface area contributed by atoms with Crippen LogP contribution in [0.2, 0.25) is 0 Å². The summed E-state index contributed by atoms with van der Waals surface area (Å²) in [6.45, 7) is 13.1. The molecule has 0 aliphatic rings. The van der Waals surface area contributed by atoms with E-state index in [2.05, 4.69) is 174 Å². The highest BCUT2D eigenvalue weighted by molar-refractivity contribution is 6.17. The van der Waals surface area contributed by atoms with E-state index in [-0.39, 0.29) is 16.6 Å². The Hall–Kier alpha value is -6.98. The highest BCUT2D eigenvalue weighted by Gasteiger charge is 2.29. The minimum Gasteiger partial charge on any atom is -0.507 e. The van der Waals surface area contributed by atoms with Gasteiger partial charge in [0.05, 0.1) is 16.6 Å². The van der Waals surface area contributed by atoms with Gasteiger partial charge in [-0.1, -0.05) is 139 Å². The molecular formula is C54H45N3O2. The lowest BCUT2D eigenvalue weighted by atomic mass is 9.79. The number of benzene rings is 7. The number of aromatic nitrogens is 3. The summed E-state index contributed by atoms with van der Waals surface area (Å²) in [7, 11) is 0. The van der Waals surface area contributed by atoms with E-state index >= 15 is 0 Å². The van der Waals surface area contributed by atoms with Crippen molar-refractivity contribution >= 4 is 43.7 Å². The zero-order valence-corrected chi connectivity index (χ0v) is 34.2. The second kappa shape index (κ2) is 13.6. The summed E-state index contributed by atoms with van der Waals surface area (Å²) < 4.78 is 9.00. The third kappa shape index (κ3) is 6.16. The Morgan fingerprint density at radius 2 is 1.24 bits per heavy atom. The van der Waals surface area contributed by atoms with Crippen molar-refractivity contribution in [3.8, 4) is 56.3 Å². The molecule has 7 aromatic carbocycles. The van der Waals surface area contributed by atoms with Gasteiger partial charge in [0.15, 0.2) is 5.58 Å². The van der Waals surface area contributed by atoms with Crippen LogP contribution in [0.25, 0.3) is 94.3 Å². The smallest absolute Gasteiger partial charge is 0.161 e. The number of nitrogens with zero attached hydrogens (tertiary/aromatic N) is 3. The minimum absolute atomic E-state index is 0.157. The van der Waals surface area contributed by atoms with Crippen molar-refractivity contribution in [2.24, 2.45) is 0 Å². The second-order valence-electron chi connectivity index (χ2n) is 17.7. The van der Waals surface area contributed by atoms with E-state index in [1.807, 2.05) is 30.5 Å². The van der Waals surface area contributed by atoms with Crippen molar-refractivity contribution in [1.82, 2.24) is 14.5 Å². The molecule has 5 heteroatoms. The molecule has 288 valence electrons. The molecule has 0 saturated carbocycles. The van der Waals surface area contributed by atoms with E-state index in [1.54, 1.807) is 0 Å². The Morgan fingerprint density at radius 1 is 0.542 bits per heavy atom. The first-order valence-corrected chi connectivity index (χ1v) is 20.3. The molecule has 0 atom stereocenters. The van der Waals surface area contributed by atoms with Crippen LogP contribution >= 0.6 is 0 Å². The van der Waals surface area contributed by atoms with Gasteiger partial charge in [-0.05, 0) is 93.1 Å². The Kier molecular flexibility index (Phi) is 8.36. The van der Waals surface area contributed by atoms with Gasteiger partial charge in [-0.3, -0.25) is 9.55 Å². The van der Waals surface area contributed by atoms with Gasteiger partial charge in [0.2, 0.25) is 0 Å². The number of imidazole rings is 1. The molecule has 0 amide bonds. The lowest BCUT2D eigenvalue weighted by Crippen LogP contribution is -2.17. The molecule has 0 aliphatic carbocycles. The number of fused-ring (bicyclic) bond motifs is 6. The molecule has 10 rings (SSSR count). The van der Waals surface area contributed by atoms with Crippen LogP contribution in [0.4, 0.5) is 0 Å². The van der Waals surface area contributed by atoms with Gasteiger partial charge in [-0.25, -0.2) is 4.98 Å². The largest absolute Gasteiger partial charge is 0.507 e. The van der Waals surface area contributed by atoms with Crippen molar-refractivity contribution in [2.75, 3.05) is 0 Å². The number of hydrogen-bond acceptors (Lipinski definition) is 4. The van der Waals surface area contributed by atoms with E-state index < -0.39 is 0 Å². The number of phenols is 1. The fourth-order valence-electron chi connectivity index (χ4n) is 8.51. The highest BCUT2D eigenvalue weighted by Crippen LogP contribution is 2.45. The van der Waals surface area contributed by atoms with Crippen LogP contribution in [0.1, 0.15) is 52.7 Å². The summed E-state index contributed by atoms with van der Waals surface area (Å²) in [5.41, 5.74) is 12.5. The summed E-state index contributed by atoms with van der Waals surface area (Å²) >= 11 is 0. The van der Waals surface area contributed by atoms with Gasteiger partial charge >= 0.3 is 0 Å². The number of para-hydroxylation sites is 2. The predicted molar refractivity (Wildman–Crippen MR) is 244 cm³/mol. The molecule has 5 nitrogen and oxygen atoms in total. The molecule has 59 heavy (non-hydrogen) atoms. The number of hydrogen-bond donors (Lipinski definition) is 1. The number of pyridine rings is 1. The van der Waals surface area contributed by atoms with Gasteiger partial charge in [0.25, 0.3) is 0 Å². The van der Waals surface area contributed by atoms with Crippen LogP contribution in [0, 0.1) is 0 Å². The van der Waals surface area contributed by atoms with Crippen LogP contribution in [0.15, 0.2) is 162 Å². The third-order valence-corrected chi connectivity index (χ3v) is 11.6. The molecule has 0 unspecified atom stereocenters. The summed E-state index contributed by atoms with van der Waals surface area (Å²) in [5, 5.41) is 16.5. The third-order valence-electron chi connectivity index (χ3n) is 11.6. The van der Waals surface area contributed by atoms with Crippen molar-refractivity contribution in [1.29, 1.82) is 0 Å². The Balaban J connectivity index is 1.25. The van der Waals surface area contributed by atoms with Gasteiger partial charge in [0, 0.05) is 44.7 Å². The van der Waals surface area contributed by atoms with Gasteiger partial charge in [-0.15, -0.1) is 0 Å². The lowest BCUT2D eigenvalue weighted by Gasteiger charge is -2.27. The number of aromatic hydroxyl groups is 1. The quantitative estimate of drug-likeness (QED) is 0.189. The Morgan fingerprint density at radius 3 is 2.00 bits per heavy atom. The normalized spacial score (nSPS) is 12.3. The zero-order valence-electron chi connectivity index (χ0n) is 34.2. The zero-order chi connectivity index (χ0) is 40.6. The first kappa shape index (κ1) is 36.4. The van der Waals surface area contributed by atoms with Gasteiger partial charge < -0.3 is 9.52 Å². The number of rotatable bonds is 5. The molecular weight excluding hydrogens is 723 g/mol. The maximum Gasteiger partial charge on any atom is 0.161 e. The predicted octanol–water partition coefficient (Wildman–Crippen LogP) is 14.4. The molecule has 0 fully saturated rings. The fraction of sp³-hybridized carbons (Fsp3) is 0.148. The molecule has 0 bridgehead atoms. The molecule has 0 spiro atoms. The molecule has 3 heterocycles. The Bertz CT molecular complexity index is 3230. The van der Waals surface area contributed by atoms with Crippen molar-refractivity contribution in [3.05, 3.63) is 169 Å². The first-order valence-electron chi connectivity index (χ1n) is 20.3. The van der Waals surface area contributed by atoms with Crippen LogP contribution in [-0.2, 0) is 10.8 Å². The maximum absolute atomic E-state index is 12.2. The number of phenolic OH excluding ortho intramolecular Hbond substituents is 1.